The first-order valence-electron chi connectivity index (χ1n) is 6.89. The third-order valence-corrected chi connectivity index (χ3v) is 4.31. The second-order valence-corrected chi connectivity index (χ2v) is 6.30. The molecule has 0 aliphatic rings. The standard InChI is InChI=1S/C14H16N2O5S/c1-2-3-6-9-21-22(19,20)14-10-13(16(17)18)11-7-4-5-8-12(11)15-14/h4-5,7-8,10H,2-3,6,9H2,1H3. The summed E-state index contributed by atoms with van der Waals surface area (Å²) in [5.41, 5.74) is -0.0613. The number of pyridine rings is 1. The summed E-state index contributed by atoms with van der Waals surface area (Å²) in [6.07, 6.45) is 2.38. The predicted octanol–water partition coefficient (Wildman–Crippen LogP) is 3.04. The van der Waals surface area contributed by atoms with Crippen molar-refractivity contribution in [3.05, 3.63) is 40.4 Å². The summed E-state index contributed by atoms with van der Waals surface area (Å²) < 4.78 is 29.1. The van der Waals surface area contributed by atoms with Gasteiger partial charge in [-0.2, -0.15) is 8.42 Å². The van der Waals surface area contributed by atoms with Gasteiger partial charge in [-0.1, -0.05) is 31.9 Å². The van der Waals surface area contributed by atoms with Crippen LogP contribution in [-0.2, 0) is 14.3 Å². The van der Waals surface area contributed by atoms with Crippen LogP contribution in [0.5, 0.6) is 0 Å². The topological polar surface area (TPSA) is 99.4 Å². The van der Waals surface area contributed by atoms with Crippen molar-refractivity contribution in [3.8, 4) is 0 Å². The summed E-state index contributed by atoms with van der Waals surface area (Å²) in [6.45, 7) is 2.03. The normalized spacial score (nSPS) is 11.7. The Morgan fingerprint density at radius 3 is 2.68 bits per heavy atom. The Labute approximate surface area is 128 Å². The Hall–Kier alpha value is -2.06. The van der Waals surface area contributed by atoms with E-state index in [-0.39, 0.29) is 23.2 Å². The van der Waals surface area contributed by atoms with Gasteiger partial charge in [0.2, 0.25) is 0 Å². The summed E-state index contributed by atoms with van der Waals surface area (Å²) in [5, 5.41) is 11.0. The molecule has 0 amide bonds. The van der Waals surface area contributed by atoms with E-state index in [9.17, 15) is 18.5 Å². The predicted molar refractivity (Wildman–Crippen MR) is 81.1 cm³/mol. The van der Waals surface area contributed by atoms with Crippen molar-refractivity contribution in [2.75, 3.05) is 6.61 Å². The van der Waals surface area contributed by atoms with Gasteiger partial charge in [-0.25, -0.2) is 4.98 Å². The van der Waals surface area contributed by atoms with Crippen LogP contribution in [0, 0.1) is 10.1 Å². The molecule has 22 heavy (non-hydrogen) atoms. The number of nitro groups is 1. The van der Waals surface area contributed by atoms with E-state index in [4.69, 9.17) is 4.18 Å². The second-order valence-electron chi connectivity index (χ2n) is 4.74. The maximum atomic E-state index is 12.1. The van der Waals surface area contributed by atoms with Crippen LogP contribution in [0.4, 0.5) is 5.69 Å². The quantitative estimate of drug-likeness (QED) is 0.336. The van der Waals surface area contributed by atoms with Gasteiger partial charge >= 0.3 is 10.1 Å². The molecule has 0 aliphatic heterocycles. The number of nitrogens with zero attached hydrogens (tertiary/aromatic N) is 2. The van der Waals surface area contributed by atoms with Gasteiger partial charge in [0, 0.05) is 0 Å². The Morgan fingerprint density at radius 2 is 2.00 bits per heavy atom. The first kappa shape index (κ1) is 16.3. The molecule has 0 aliphatic carbocycles. The van der Waals surface area contributed by atoms with Gasteiger partial charge in [0.15, 0.2) is 5.03 Å². The second kappa shape index (κ2) is 6.80. The maximum Gasteiger partial charge on any atom is 0.314 e. The zero-order valence-electron chi connectivity index (χ0n) is 12.1. The lowest BCUT2D eigenvalue weighted by atomic mass is 10.2. The molecule has 2 aromatic rings. The molecule has 0 fully saturated rings. The monoisotopic (exact) mass is 324 g/mol. The minimum absolute atomic E-state index is 0.0402. The Bertz CT molecular complexity index is 789. The fraction of sp³-hybridized carbons (Fsp3) is 0.357. The van der Waals surface area contributed by atoms with Crippen molar-refractivity contribution >= 4 is 26.7 Å². The summed E-state index contributed by atoms with van der Waals surface area (Å²) in [6, 6.07) is 7.26. The van der Waals surface area contributed by atoms with E-state index in [0.717, 1.165) is 18.9 Å². The Balaban J connectivity index is 2.41. The molecule has 0 radical (unpaired) electrons. The van der Waals surface area contributed by atoms with Gasteiger partial charge < -0.3 is 0 Å². The zero-order chi connectivity index (χ0) is 16.2. The molecule has 1 aromatic heterocycles. The van der Waals surface area contributed by atoms with E-state index in [1.807, 2.05) is 6.92 Å². The average molecular weight is 324 g/mol. The van der Waals surface area contributed by atoms with Crippen LogP contribution in [-0.4, -0.2) is 24.9 Å². The highest BCUT2D eigenvalue weighted by Gasteiger charge is 2.23. The number of unbranched alkanes of at least 4 members (excludes halogenated alkanes) is 2. The lowest BCUT2D eigenvalue weighted by molar-refractivity contribution is -0.383. The average Bonchev–Trinajstić information content (AvgIpc) is 2.50. The fourth-order valence-electron chi connectivity index (χ4n) is 1.99. The number of hydrogen-bond donors (Lipinski definition) is 0. The van der Waals surface area contributed by atoms with E-state index in [1.165, 1.54) is 12.1 Å². The minimum Gasteiger partial charge on any atom is -0.265 e. The van der Waals surface area contributed by atoms with E-state index >= 15 is 0 Å². The largest absolute Gasteiger partial charge is 0.314 e. The highest BCUT2D eigenvalue weighted by Crippen LogP contribution is 2.27. The molecule has 0 unspecified atom stereocenters. The van der Waals surface area contributed by atoms with E-state index in [2.05, 4.69) is 4.98 Å². The molecule has 7 nitrogen and oxygen atoms in total. The zero-order valence-corrected chi connectivity index (χ0v) is 12.9. The van der Waals surface area contributed by atoms with Crippen LogP contribution in [0.1, 0.15) is 26.2 Å². The van der Waals surface area contributed by atoms with Crippen LogP contribution in [0.25, 0.3) is 10.9 Å². The van der Waals surface area contributed by atoms with Crippen molar-refractivity contribution in [1.82, 2.24) is 4.98 Å². The Morgan fingerprint density at radius 1 is 1.27 bits per heavy atom. The van der Waals surface area contributed by atoms with Gasteiger partial charge in [0.1, 0.15) is 0 Å². The molecule has 0 bridgehead atoms. The Kier molecular flexibility index (Phi) is 5.04. The van der Waals surface area contributed by atoms with Crippen LogP contribution < -0.4 is 0 Å². The van der Waals surface area contributed by atoms with E-state index < -0.39 is 20.1 Å². The summed E-state index contributed by atoms with van der Waals surface area (Å²) in [4.78, 5) is 14.5. The summed E-state index contributed by atoms with van der Waals surface area (Å²) >= 11 is 0. The molecule has 118 valence electrons. The van der Waals surface area contributed by atoms with Crippen molar-refractivity contribution in [2.45, 2.75) is 31.2 Å². The van der Waals surface area contributed by atoms with E-state index in [0.29, 0.717) is 6.42 Å². The van der Waals surface area contributed by atoms with Gasteiger partial charge in [-0.05, 0) is 18.6 Å². The number of aromatic nitrogens is 1. The number of benzene rings is 1. The van der Waals surface area contributed by atoms with Gasteiger partial charge in [-0.15, -0.1) is 0 Å². The third kappa shape index (κ3) is 3.58. The van der Waals surface area contributed by atoms with Crippen molar-refractivity contribution in [1.29, 1.82) is 0 Å². The van der Waals surface area contributed by atoms with Crippen LogP contribution >= 0.6 is 0 Å². The molecule has 0 saturated carbocycles. The minimum atomic E-state index is -4.10. The highest BCUT2D eigenvalue weighted by molar-refractivity contribution is 7.86. The summed E-state index contributed by atoms with van der Waals surface area (Å²) in [7, 11) is -4.10. The molecular weight excluding hydrogens is 308 g/mol. The smallest absolute Gasteiger partial charge is 0.265 e. The molecule has 8 heteroatoms. The van der Waals surface area contributed by atoms with Crippen molar-refractivity contribution in [3.63, 3.8) is 0 Å². The SMILES string of the molecule is CCCCCOS(=O)(=O)c1cc([N+](=O)[O-])c2ccccc2n1. The van der Waals surface area contributed by atoms with Gasteiger partial charge in [0.25, 0.3) is 5.69 Å². The van der Waals surface area contributed by atoms with Crippen LogP contribution in [0.3, 0.4) is 0 Å². The molecule has 2 rings (SSSR count). The highest BCUT2D eigenvalue weighted by atomic mass is 32.2. The molecule has 1 heterocycles. The number of rotatable bonds is 7. The molecule has 0 N–H and O–H groups in total. The fourth-order valence-corrected chi connectivity index (χ4v) is 2.92. The molecule has 0 spiro atoms. The lowest BCUT2D eigenvalue weighted by Gasteiger charge is -2.06. The van der Waals surface area contributed by atoms with Crippen molar-refractivity contribution in [2.24, 2.45) is 0 Å². The van der Waals surface area contributed by atoms with Crippen molar-refractivity contribution < 1.29 is 17.5 Å². The van der Waals surface area contributed by atoms with Gasteiger partial charge in [0.05, 0.1) is 28.5 Å². The molecule has 0 saturated heterocycles. The molecular formula is C14H16N2O5S. The molecule has 0 atom stereocenters. The van der Waals surface area contributed by atoms with Crippen LogP contribution in [0.15, 0.2) is 35.4 Å². The maximum absolute atomic E-state index is 12.1. The number of fused-ring (bicyclic) bond motifs is 1. The number of hydrogen-bond acceptors (Lipinski definition) is 6. The third-order valence-electron chi connectivity index (χ3n) is 3.11. The number of para-hydroxylation sites is 1. The molecule has 1 aromatic carbocycles. The van der Waals surface area contributed by atoms with Crippen LogP contribution in [0.2, 0.25) is 0 Å². The first-order valence-corrected chi connectivity index (χ1v) is 8.30. The summed E-state index contributed by atoms with van der Waals surface area (Å²) in [5.74, 6) is 0. The first-order chi connectivity index (χ1) is 10.5. The van der Waals surface area contributed by atoms with Gasteiger partial charge in [-0.3, -0.25) is 14.3 Å². The van der Waals surface area contributed by atoms with E-state index in [1.54, 1.807) is 12.1 Å². The lowest BCUT2D eigenvalue weighted by Crippen LogP contribution is -2.10.